The molecular weight excluding hydrogens is 229 g/mol. The molecule has 0 aromatic heterocycles. The van der Waals surface area contributed by atoms with Gasteiger partial charge in [-0.15, -0.1) is 0 Å². The minimum absolute atomic E-state index is 0.00504. The molecule has 1 rings (SSSR count). The molecule has 0 radical (unpaired) electrons. The average Bonchev–Trinajstić information content (AvgIpc) is 2.58. The number of carbonyl (C=O) groups excluding carboxylic acids is 1. The van der Waals surface area contributed by atoms with Gasteiger partial charge in [0.1, 0.15) is 11.6 Å². The topological polar surface area (TPSA) is 66.8 Å². The maximum absolute atomic E-state index is 12.4. The third-order valence-corrected chi connectivity index (χ3v) is 2.27. The zero-order valence-electron chi connectivity index (χ0n) is 10.1. The zero-order chi connectivity index (χ0) is 13.2. The Morgan fingerprint density at radius 1 is 1.53 bits per heavy atom. The van der Waals surface area contributed by atoms with Gasteiger partial charge in [0.25, 0.3) is 0 Å². The Kier molecular flexibility index (Phi) is 3.75. The van der Waals surface area contributed by atoms with Gasteiger partial charge in [0, 0.05) is 13.0 Å². The lowest BCUT2D eigenvalue weighted by Gasteiger charge is -2.26. The maximum Gasteiger partial charge on any atom is 0.411 e. The van der Waals surface area contributed by atoms with E-state index in [2.05, 4.69) is 0 Å². The highest BCUT2D eigenvalue weighted by atomic mass is 19.1. The first-order chi connectivity index (χ1) is 7.74. The van der Waals surface area contributed by atoms with Crippen LogP contribution in [0.25, 0.3) is 0 Å². The standard InChI is InChI=1S/C11H16FNO4/c1-11(2,3)17-10(16)13-6-7(5-12)4-8(13)9(14)15/h5,8H,4,6H2,1-3H3,(H,14,15)/b7-5+/t8-/m0/s1. The molecule has 0 saturated carbocycles. The van der Waals surface area contributed by atoms with E-state index in [-0.39, 0.29) is 18.5 Å². The number of carboxylic acid groups (broad SMARTS) is 1. The number of nitrogens with zero attached hydrogens (tertiary/aromatic N) is 1. The number of halogens is 1. The molecule has 1 aliphatic rings. The van der Waals surface area contributed by atoms with Crippen LogP contribution in [0.4, 0.5) is 9.18 Å². The van der Waals surface area contributed by atoms with Crippen LogP contribution in [-0.4, -0.2) is 40.3 Å². The largest absolute Gasteiger partial charge is 0.480 e. The second kappa shape index (κ2) is 4.73. The summed E-state index contributed by atoms with van der Waals surface area (Å²) in [5, 5.41) is 8.95. The van der Waals surface area contributed by atoms with Crippen LogP contribution in [-0.2, 0) is 9.53 Å². The average molecular weight is 245 g/mol. The number of rotatable bonds is 1. The van der Waals surface area contributed by atoms with Crippen molar-refractivity contribution >= 4 is 12.1 Å². The second-order valence-electron chi connectivity index (χ2n) is 4.93. The minimum atomic E-state index is -1.16. The summed E-state index contributed by atoms with van der Waals surface area (Å²) in [7, 11) is 0. The smallest absolute Gasteiger partial charge is 0.411 e. The molecule has 5 nitrogen and oxygen atoms in total. The molecule has 0 unspecified atom stereocenters. The molecular formula is C11H16FNO4. The fraction of sp³-hybridized carbons (Fsp3) is 0.636. The van der Waals surface area contributed by atoms with Crippen molar-refractivity contribution in [3.05, 3.63) is 11.9 Å². The van der Waals surface area contributed by atoms with Crippen LogP contribution in [0.2, 0.25) is 0 Å². The highest BCUT2D eigenvalue weighted by Gasteiger charge is 2.39. The molecule has 1 aliphatic heterocycles. The van der Waals surface area contributed by atoms with Gasteiger partial charge < -0.3 is 9.84 Å². The summed E-state index contributed by atoms with van der Waals surface area (Å²) in [5.41, 5.74) is -0.425. The van der Waals surface area contributed by atoms with Gasteiger partial charge in [-0.05, 0) is 26.3 Å². The van der Waals surface area contributed by atoms with Crippen LogP contribution in [0.3, 0.4) is 0 Å². The van der Waals surface area contributed by atoms with E-state index in [1.54, 1.807) is 20.8 Å². The predicted octanol–water partition coefficient (Wildman–Crippen LogP) is 1.93. The van der Waals surface area contributed by atoms with Crippen molar-refractivity contribution in [2.24, 2.45) is 0 Å². The van der Waals surface area contributed by atoms with Crippen molar-refractivity contribution in [3.8, 4) is 0 Å². The van der Waals surface area contributed by atoms with Crippen LogP contribution in [0.5, 0.6) is 0 Å². The summed E-state index contributed by atoms with van der Waals surface area (Å²) < 4.78 is 17.4. The number of carboxylic acids is 1. The van der Waals surface area contributed by atoms with Gasteiger partial charge >= 0.3 is 12.1 Å². The van der Waals surface area contributed by atoms with Crippen LogP contribution in [0.15, 0.2) is 11.9 Å². The second-order valence-corrected chi connectivity index (χ2v) is 4.93. The van der Waals surface area contributed by atoms with Gasteiger partial charge in [0.2, 0.25) is 0 Å². The molecule has 0 bridgehead atoms. The highest BCUT2D eigenvalue weighted by molar-refractivity contribution is 5.82. The quantitative estimate of drug-likeness (QED) is 0.766. The molecule has 0 spiro atoms. The minimum Gasteiger partial charge on any atom is -0.480 e. The van der Waals surface area contributed by atoms with Crippen LogP contribution < -0.4 is 0 Å². The molecule has 1 amide bonds. The van der Waals surface area contributed by atoms with Crippen molar-refractivity contribution in [1.82, 2.24) is 4.90 Å². The number of amides is 1. The number of likely N-dealkylation sites (tertiary alicyclic amines) is 1. The van der Waals surface area contributed by atoms with E-state index >= 15 is 0 Å². The molecule has 1 atom stereocenters. The van der Waals surface area contributed by atoms with E-state index < -0.39 is 23.7 Å². The normalized spacial score (nSPS) is 22.9. The highest BCUT2D eigenvalue weighted by Crippen LogP contribution is 2.25. The Morgan fingerprint density at radius 2 is 2.12 bits per heavy atom. The molecule has 1 saturated heterocycles. The lowest BCUT2D eigenvalue weighted by molar-refractivity contribution is -0.142. The summed E-state index contributed by atoms with van der Waals surface area (Å²) in [6.07, 6.45) is -0.382. The molecule has 1 heterocycles. The van der Waals surface area contributed by atoms with Crippen molar-refractivity contribution in [3.63, 3.8) is 0 Å². The van der Waals surface area contributed by atoms with Gasteiger partial charge in [-0.2, -0.15) is 0 Å². The molecule has 17 heavy (non-hydrogen) atoms. The SMILES string of the molecule is CC(C)(C)OC(=O)N1C/C(=C/F)C[C@H]1C(=O)O. The van der Waals surface area contributed by atoms with E-state index in [1.165, 1.54) is 0 Å². The number of hydrogen-bond acceptors (Lipinski definition) is 3. The molecule has 1 N–H and O–H groups in total. The number of aliphatic carboxylic acids is 1. The van der Waals surface area contributed by atoms with E-state index in [1.807, 2.05) is 0 Å². The van der Waals surface area contributed by atoms with E-state index in [4.69, 9.17) is 9.84 Å². The van der Waals surface area contributed by atoms with E-state index in [0.717, 1.165) is 4.90 Å². The molecule has 6 heteroatoms. The van der Waals surface area contributed by atoms with Gasteiger partial charge in [0.05, 0.1) is 6.33 Å². The van der Waals surface area contributed by atoms with Crippen molar-refractivity contribution in [2.75, 3.05) is 6.54 Å². The lowest BCUT2D eigenvalue weighted by atomic mass is 10.2. The van der Waals surface area contributed by atoms with Crippen molar-refractivity contribution in [1.29, 1.82) is 0 Å². The monoisotopic (exact) mass is 245 g/mol. The van der Waals surface area contributed by atoms with E-state index in [9.17, 15) is 14.0 Å². The first-order valence-corrected chi connectivity index (χ1v) is 5.25. The summed E-state index contributed by atoms with van der Waals surface area (Å²) >= 11 is 0. The van der Waals surface area contributed by atoms with Crippen LogP contribution >= 0.6 is 0 Å². The molecule has 1 fully saturated rings. The Labute approximate surface area is 98.8 Å². The fourth-order valence-corrected chi connectivity index (χ4v) is 1.56. The zero-order valence-corrected chi connectivity index (χ0v) is 10.1. The maximum atomic E-state index is 12.4. The number of hydrogen-bond donors (Lipinski definition) is 1. The van der Waals surface area contributed by atoms with Gasteiger partial charge in [0.15, 0.2) is 0 Å². The Bertz CT molecular complexity index is 359. The molecule has 96 valence electrons. The number of carbonyl (C=O) groups is 2. The fourth-order valence-electron chi connectivity index (χ4n) is 1.56. The summed E-state index contributed by atoms with van der Waals surface area (Å²) in [6.45, 7) is 5.01. The summed E-state index contributed by atoms with van der Waals surface area (Å²) in [6, 6.07) is -1.05. The van der Waals surface area contributed by atoms with Crippen molar-refractivity contribution < 1.29 is 23.8 Å². The first kappa shape index (κ1) is 13.5. The third kappa shape index (κ3) is 3.44. The third-order valence-electron chi connectivity index (χ3n) is 2.27. The van der Waals surface area contributed by atoms with Gasteiger partial charge in [-0.25, -0.2) is 14.0 Å². The Morgan fingerprint density at radius 3 is 2.53 bits per heavy atom. The molecule has 0 aromatic carbocycles. The Balaban J connectivity index is 2.81. The van der Waals surface area contributed by atoms with Gasteiger partial charge in [-0.3, -0.25) is 4.90 Å². The first-order valence-electron chi connectivity index (χ1n) is 5.25. The molecule has 0 aliphatic carbocycles. The number of ether oxygens (including phenoxy) is 1. The van der Waals surface area contributed by atoms with E-state index in [0.29, 0.717) is 6.33 Å². The van der Waals surface area contributed by atoms with Crippen molar-refractivity contribution in [2.45, 2.75) is 38.8 Å². The van der Waals surface area contributed by atoms with Crippen LogP contribution in [0.1, 0.15) is 27.2 Å². The van der Waals surface area contributed by atoms with Gasteiger partial charge in [-0.1, -0.05) is 0 Å². The van der Waals surface area contributed by atoms with Crippen LogP contribution in [0, 0.1) is 0 Å². The lowest BCUT2D eigenvalue weighted by Crippen LogP contribution is -2.43. The summed E-state index contributed by atoms with van der Waals surface area (Å²) in [4.78, 5) is 23.7. The predicted molar refractivity (Wildman–Crippen MR) is 58.2 cm³/mol. The Hall–Kier alpha value is -1.59. The molecule has 0 aromatic rings. The summed E-state index contributed by atoms with van der Waals surface area (Å²) in [5.74, 6) is -1.16.